The average molecular weight is 451 g/mol. The quantitative estimate of drug-likeness (QED) is 0.517. The molecule has 0 aliphatic carbocycles. The van der Waals surface area contributed by atoms with Crippen molar-refractivity contribution < 1.29 is 19.0 Å². The van der Waals surface area contributed by atoms with Crippen molar-refractivity contribution >= 4 is 22.8 Å². The zero-order valence-electron chi connectivity index (χ0n) is 19.4. The first-order chi connectivity index (χ1) is 16.1. The predicted octanol–water partition coefficient (Wildman–Crippen LogP) is 3.79. The molecule has 0 unspecified atom stereocenters. The molecule has 2 aromatic carbocycles. The fourth-order valence-electron chi connectivity index (χ4n) is 3.93. The van der Waals surface area contributed by atoms with E-state index < -0.39 is 0 Å². The van der Waals surface area contributed by atoms with Crippen LogP contribution >= 0.6 is 0 Å². The van der Waals surface area contributed by atoms with Gasteiger partial charge in [0, 0.05) is 31.7 Å². The van der Waals surface area contributed by atoms with Gasteiger partial charge in [0.05, 0.1) is 37.1 Å². The summed E-state index contributed by atoms with van der Waals surface area (Å²) in [6.07, 6.45) is 1.80. The van der Waals surface area contributed by atoms with Gasteiger partial charge < -0.3 is 24.0 Å². The average Bonchev–Trinajstić information content (AvgIpc) is 2.85. The molecule has 1 fully saturated rings. The van der Waals surface area contributed by atoms with Gasteiger partial charge in [0.1, 0.15) is 5.82 Å². The van der Waals surface area contributed by atoms with E-state index in [1.807, 2.05) is 49.9 Å². The molecular weight excluding hydrogens is 420 g/mol. The smallest absolute Gasteiger partial charge is 0.254 e. The SMILES string of the molecule is CCOc1cc(C(=O)N2CCN(c3cnc4ccccc4n3)CC2)cc(OCC)c1OCC. The van der Waals surface area contributed by atoms with E-state index in [2.05, 4.69) is 9.88 Å². The third-order valence-corrected chi connectivity index (χ3v) is 5.48. The number of ether oxygens (including phenoxy) is 3. The van der Waals surface area contributed by atoms with E-state index in [4.69, 9.17) is 19.2 Å². The molecule has 8 nitrogen and oxygen atoms in total. The van der Waals surface area contributed by atoms with Gasteiger partial charge in [-0.2, -0.15) is 0 Å². The predicted molar refractivity (Wildman–Crippen MR) is 128 cm³/mol. The second-order valence-corrected chi connectivity index (χ2v) is 7.60. The van der Waals surface area contributed by atoms with Crippen molar-refractivity contribution in [2.45, 2.75) is 20.8 Å². The van der Waals surface area contributed by atoms with Gasteiger partial charge in [-0.05, 0) is 45.0 Å². The number of rotatable bonds is 8. The molecule has 0 spiro atoms. The Hall–Kier alpha value is -3.55. The fourth-order valence-corrected chi connectivity index (χ4v) is 3.93. The van der Waals surface area contributed by atoms with E-state index in [0.717, 1.165) is 16.9 Å². The third-order valence-electron chi connectivity index (χ3n) is 5.48. The standard InChI is InChI=1S/C25H30N4O4/c1-4-31-21-15-18(16-22(32-5-2)24(21)33-6-3)25(30)29-13-11-28(12-14-29)23-17-26-19-9-7-8-10-20(19)27-23/h7-10,15-17H,4-6,11-14H2,1-3H3. The molecule has 1 aliphatic rings. The zero-order valence-corrected chi connectivity index (χ0v) is 19.4. The highest BCUT2D eigenvalue weighted by molar-refractivity contribution is 5.96. The Morgan fingerprint density at radius 1 is 0.879 bits per heavy atom. The summed E-state index contributed by atoms with van der Waals surface area (Å²) in [5, 5.41) is 0. The lowest BCUT2D eigenvalue weighted by Gasteiger charge is -2.35. The van der Waals surface area contributed by atoms with E-state index in [1.165, 1.54) is 0 Å². The zero-order chi connectivity index (χ0) is 23.2. The lowest BCUT2D eigenvalue weighted by Crippen LogP contribution is -2.49. The van der Waals surface area contributed by atoms with Crippen LogP contribution in [0.4, 0.5) is 5.82 Å². The summed E-state index contributed by atoms with van der Waals surface area (Å²) in [5.41, 5.74) is 2.28. The molecular formula is C25H30N4O4. The van der Waals surface area contributed by atoms with Gasteiger partial charge in [0.15, 0.2) is 11.5 Å². The Morgan fingerprint density at radius 3 is 2.09 bits per heavy atom. The Kier molecular flexibility index (Phi) is 7.12. The van der Waals surface area contributed by atoms with Crippen molar-refractivity contribution in [3.05, 3.63) is 48.2 Å². The van der Waals surface area contributed by atoms with Crippen LogP contribution in [0.25, 0.3) is 11.0 Å². The van der Waals surface area contributed by atoms with Gasteiger partial charge in [-0.3, -0.25) is 9.78 Å². The number of benzene rings is 2. The van der Waals surface area contributed by atoms with Crippen molar-refractivity contribution in [1.82, 2.24) is 14.9 Å². The fraction of sp³-hybridized carbons (Fsp3) is 0.400. The molecule has 4 rings (SSSR count). The van der Waals surface area contributed by atoms with Gasteiger partial charge in [0.25, 0.3) is 5.91 Å². The highest BCUT2D eigenvalue weighted by Gasteiger charge is 2.26. The summed E-state index contributed by atoms with van der Waals surface area (Å²) in [4.78, 5) is 26.6. The minimum atomic E-state index is -0.0517. The highest BCUT2D eigenvalue weighted by Crippen LogP contribution is 2.39. The summed E-state index contributed by atoms with van der Waals surface area (Å²) in [6.45, 7) is 9.68. The maximum Gasteiger partial charge on any atom is 0.254 e. The lowest BCUT2D eigenvalue weighted by molar-refractivity contribution is 0.0745. The van der Waals surface area contributed by atoms with Crippen LogP contribution in [-0.2, 0) is 0 Å². The number of fused-ring (bicyclic) bond motifs is 1. The minimum absolute atomic E-state index is 0.0517. The van der Waals surface area contributed by atoms with E-state index in [9.17, 15) is 4.79 Å². The molecule has 0 saturated carbocycles. The van der Waals surface area contributed by atoms with Crippen molar-refractivity contribution in [3.8, 4) is 17.2 Å². The maximum absolute atomic E-state index is 13.3. The summed E-state index contributed by atoms with van der Waals surface area (Å²) in [5.74, 6) is 2.37. The number of hydrogen-bond acceptors (Lipinski definition) is 7. The van der Waals surface area contributed by atoms with Crippen LogP contribution in [-0.4, -0.2) is 66.8 Å². The second kappa shape index (κ2) is 10.4. The number of anilines is 1. The molecule has 33 heavy (non-hydrogen) atoms. The normalized spacial score (nSPS) is 13.8. The van der Waals surface area contributed by atoms with E-state index >= 15 is 0 Å². The van der Waals surface area contributed by atoms with Crippen molar-refractivity contribution in [2.24, 2.45) is 0 Å². The van der Waals surface area contributed by atoms with Crippen molar-refractivity contribution in [1.29, 1.82) is 0 Å². The molecule has 1 aromatic heterocycles. The molecule has 1 aliphatic heterocycles. The maximum atomic E-state index is 13.3. The topological polar surface area (TPSA) is 77.0 Å². The molecule has 0 atom stereocenters. The number of piperazine rings is 1. The molecule has 1 saturated heterocycles. The van der Waals surface area contributed by atoms with Crippen LogP contribution in [0.2, 0.25) is 0 Å². The van der Waals surface area contributed by atoms with Crippen LogP contribution < -0.4 is 19.1 Å². The van der Waals surface area contributed by atoms with Gasteiger partial charge >= 0.3 is 0 Å². The monoisotopic (exact) mass is 450 g/mol. The first-order valence-corrected chi connectivity index (χ1v) is 11.5. The number of carbonyl (C=O) groups excluding carboxylic acids is 1. The third kappa shape index (κ3) is 4.94. The van der Waals surface area contributed by atoms with Crippen molar-refractivity contribution in [2.75, 3.05) is 50.9 Å². The number of aromatic nitrogens is 2. The molecule has 0 radical (unpaired) electrons. The largest absolute Gasteiger partial charge is 0.490 e. The number of hydrogen-bond donors (Lipinski definition) is 0. The molecule has 0 bridgehead atoms. The van der Waals surface area contributed by atoms with Crippen LogP contribution in [0.15, 0.2) is 42.6 Å². The molecule has 8 heteroatoms. The Morgan fingerprint density at radius 2 is 1.48 bits per heavy atom. The van der Waals surface area contributed by atoms with E-state index in [1.54, 1.807) is 18.3 Å². The van der Waals surface area contributed by atoms with Crippen LogP contribution in [0.5, 0.6) is 17.2 Å². The first-order valence-electron chi connectivity index (χ1n) is 11.5. The van der Waals surface area contributed by atoms with Crippen molar-refractivity contribution in [3.63, 3.8) is 0 Å². The Balaban J connectivity index is 1.50. The molecule has 1 amide bonds. The second-order valence-electron chi connectivity index (χ2n) is 7.60. The summed E-state index contributed by atoms with van der Waals surface area (Å²) in [6, 6.07) is 11.3. The van der Waals surface area contributed by atoms with Gasteiger partial charge in [-0.25, -0.2) is 4.98 Å². The lowest BCUT2D eigenvalue weighted by atomic mass is 10.1. The summed E-state index contributed by atoms with van der Waals surface area (Å²) >= 11 is 0. The summed E-state index contributed by atoms with van der Waals surface area (Å²) < 4.78 is 17.3. The molecule has 0 N–H and O–H groups in total. The Labute approximate surface area is 194 Å². The van der Waals surface area contributed by atoms with Gasteiger partial charge in [-0.15, -0.1) is 0 Å². The van der Waals surface area contributed by atoms with E-state index in [0.29, 0.717) is 68.8 Å². The number of para-hydroxylation sites is 2. The van der Waals surface area contributed by atoms with E-state index in [-0.39, 0.29) is 5.91 Å². The van der Waals surface area contributed by atoms with Gasteiger partial charge in [-0.1, -0.05) is 12.1 Å². The number of nitrogens with zero attached hydrogens (tertiary/aromatic N) is 4. The van der Waals surface area contributed by atoms with Crippen LogP contribution in [0.3, 0.4) is 0 Å². The molecule has 174 valence electrons. The minimum Gasteiger partial charge on any atom is -0.490 e. The Bertz CT molecular complexity index is 1090. The highest BCUT2D eigenvalue weighted by atomic mass is 16.5. The first kappa shape index (κ1) is 22.6. The van der Waals surface area contributed by atoms with Crippen LogP contribution in [0, 0.1) is 0 Å². The number of amides is 1. The van der Waals surface area contributed by atoms with Crippen LogP contribution in [0.1, 0.15) is 31.1 Å². The summed E-state index contributed by atoms with van der Waals surface area (Å²) in [7, 11) is 0. The number of carbonyl (C=O) groups is 1. The van der Waals surface area contributed by atoms with Gasteiger partial charge in [0.2, 0.25) is 5.75 Å². The molecule has 3 aromatic rings. The molecule has 2 heterocycles.